The standard InChI is InChI=1S/C14H23FN2/c1-5-17(10(2)3)14(9-16)12-7-6-11(4)13(15)8-12/h6-8,10,14H,5,9,16H2,1-4H3. The molecule has 1 aromatic carbocycles. The Hall–Kier alpha value is -0.930. The molecular formula is C14H23FN2. The molecule has 96 valence electrons. The smallest absolute Gasteiger partial charge is 0.126 e. The Morgan fingerprint density at radius 3 is 2.41 bits per heavy atom. The van der Waals surface area contributed by atoms with Gasteiger partial charge in [-0.1, -0.05) is 19.1 Å². The SMILES string of the molecule is CCN(C(C)C)C(CN)c1ccc(C)c(F)c1. The Labute approximate surface area is 104 Å². The predicted octanol–water partition coefficient (Wildman–Crippen LogP) is 2.86. The van der Waals surface area contributed by atoms with Gasteiger partial charge < -0.3 is 5.73 Å². The molecule has 2 nitrogen and oxygen atoms in total. The summed E-state index contributed by atoms with van der Waals surface area (Å²) < 4.78 is 13.6. The first-order valence-corrected chi connectivity index (χ1v) is 6.23. The third kappa shape index (κ3) is 3.27. The molecule has 3 heteroatoms. The maximum absolute atomic E-state index is 13.6. The van der Waals surface area contributed by atoms with E-state index in [1.807, 2.05) is 12.1 Å². The second-order valence-electron chi connectivity index (χ2n) is 4.68. The van der Waals surface area contributed by atoms with E-state index in [4.69, 9.17) is 5.73 Å². The van der Waals surface area contributed by atoms with E-state index < -0.39 is 0 Å². The highest BCUT2D eigenvalue weighted by Crippen LogP contribution is 2.23. The van der Waals surface area contributed by atoms with Gasteiger partial charge in [-0.05, 0) is 44.5 Å². The zero-order valence-electron chi connectivity index (χ0n) is 11.2. The molecule has 0 aliphatic carbocycles. The molecule has 0 saturated carbocycles. The van der Waals surface area contributed by atoms with Gasteiger partial charge in [-0.2, -0.15) is 0 Å². The van der Waals surface area contributed by atoms with Crippen LogP contribution >= 0.6 is 0 Å². The Morgan fingerprint density at radius 1 is 1.35 bits per heavy atom. The first kappa shape index (κ1) is 14.1. The number of hydrogen-bond donors (Lipinski definition) is 1. The second kappa shape index (κ2) is 6.12. The maximum atomic E-state index is 13.6. The summed E-state index contributed by atoms with van der Waals surface area (Å²) in [5.74, 6) is -0.152. The van der Waals surface area contributed by atoms with Crippen LogP contribution in [0, 0.1) is 12.7 Å². The van der Waals surface area contributed by atoms with Gasteiger partial charge in [-0.25, -0.2) is 4.39 Å². The van der Waals surface area contributed by atoms with Crippen molar-refractivity contribution in [3.8, 4) is 0 Å². The highest BCUT2D eigenvalue weighted by atomic mass is 19.1. The van der Waals surface area contributed by atoms with E-state index in [1.165, 1.54) is 0 Å². The van der Waals surface area contributed by atoms with E-state index in [1.54, 1.807) is 13.0 Å². The minimum absolute atomic E-state index is 0.0927. The number of hydrogen-bond acceptors (Lipinski definition) is 2. The minimum Gasteiger partial charge on any atom is -0.329 e. The van der Waals surface area contributed by atoms with Crippen molar-refractivity contribution in [1.29, 1.82) is 0 Å². The summed E-state index contributed by atoms with van der Waals surface area (Å²) in [6, 6.07) is 5.90. The van der Waals surface area contributed by atoms with E-state index in [9.17, 15) is 4.39 Å². The van der Waals surface area contributed by atoms with Gasteiger partial charge in [-0.15, -0.1) is 0 Å². The van der Waals surface area contributed by atoms with Crippen molar-refractivity contribution in [2.45, 2.75) is 39.8 Å². The molecule has 0 aromatic heterocycles. The number of rotatable bonds is 5. The van der Waals surface area contributed by atoms with Gasteiger partial charge in [0.2, 0.25) is 0 Å². The lowest BCUT2D eigenvalue weighted by molar-refractivity contribution is 0.166. The van der Waals surface area contributed by atoms with Crippen LogP contribution in [0.3, 0.4) is 0 Å². The van der Waals surface area contributed by atoms with Crippen molar-refractivity contribution < 1.29 is 4.39 Å². The van der Waals surface area contributed by atoms with Crippen LogP contribution < -0.4 is 5.73 Å². The van der Waals surface area contributed by atoms with E-state index in [-0.39, 0.29) is 11.9 Å². The largest absolute Gasteiger partial charge is 0.329 e. The number of halogens is 1. The van der Waals surface area contributed by atoms with Gasteiger partial charge in [0.25, 0.3) is 0 Å². The monoisotopic (exact) mass is 238 g/mol. The highest BCUT2D eigenvalue weighted by molar-refractivity contribution is 5.26. The average molecular weight is 238 g/mol. The molecule has 0 aliphatic heterocycles. The lowest BCUT2D eigenvalue weighted by Crippen LogP contribution is -2.38. The number of benzene rings is 1. The molecule has 1 rings (SSSR count). The molecule has 0 spiro atoms. The van der Waals surface area contributed by atoms with Gasteiger partial charge >= 0.3 is 0 Å². The van der Waals surface area contributed by atoms with Crippen LogP contribution in [-0.4, -0.2) is 24.0 Å². The summed E-state index contributed by atoms with van der Waals surface area (Å²) in [5.41, 5.74) is 7.48. The first-order valence-electron chi connectivity index (χ1n) is 6.23. The zero-order valence-corrected chi connectivity index (χ0v) is 11.2. The third-order valence-electron chi connectivity index (χ3n) is 3.23. The van der Waals surface area contributed by atoms with Crippen LogP contribution in [0.5, 0.6) is 0 Å². The van der Waals surface area contributed by atoms with Crippen LogP contribution in [-0.2, 0) is 0 Å². The lowest BCUT2D eigenvalue weighted by Gasteiger charge is -2.33. The van der Waals surface area contributed by atoms with Gasteiger partial charge in [-0.3, -0.25) is 4.90 Å². The molecule has 1 unspecified atom stereocenters. The van der Waals surface area contributed by atoms with Crippen molar-refractivity contribution in [3.63, 3.8) is 0 Å². The van der Waals surface area contributed by atoms with Crippen LogP contribution in [0.25, 0.3) is 0 Å². The van der Waals surface area contributed by atoms with E-state index in [0.717, 1.165) is 12.1 Å². The van der Waals surface area contributed by atoms with Crippen LogP contribution in [0.1, 0.15) is 37.9 Å². The van der Waals surface area contributed by atoms with Gasteiger partial charge in [0, 0.05) is 18.6 Å². The molecule has 1 atom stereocenters. The number of likely N-dealkylation sites (N-methyl/N-ethyl adjacent to an activating group) is 1. The molecule has 0 aliphatic rings. The summed E-state index contributed by atoms with van der Waals surface area (Å²) >= 11 is 0. The molecule has 2 N–H and O–H groups in total. The molecule has 0 radical (unpaired) electrons. The van der Waals surface area contributed by atoms with Gasteiger partial charge in [0.15, 0.2) is 0 Å². The van der Waals surface area contributed by atoms with Gasteiger partial charge in [0.1, 0.15) is 5.82 Å². The second-order valence-corrected chi connectivity index (χ2v) is 4.68. The molecule has 0 fully saturated rings. The summed E-state index contributed by atoms with van der Waals surface area (Å²) in [6.45, 7) is 9.57. The number of nitrogens with two attached hydrogens (primary N) is 1. The normalized spacial score (nSPS) is 13.4. The maximum Gasteiger partial charge on any atom is 0.126 e. The summed E-state index contributed by atoms with van der Waals surface area (Å²) in [5, 5.41) is 0. The third-order valence-corrected chi connectivity index (χ3v) is 3.23. The molecule has 0 amide bonds. The van der Waals surface area contributed by atoms with Crippen molar-refractivity contribution in [2.24, 2.45) is 5.73 Å². The Balaban J connectivity index is 3.03. The number of aryl methyl sites for hydroxylation is 1. The van der Waals surface area contributed by atoms with Crippen molar-refractivity contribution in [2.75, 3.05) is 13.1 Å². The van der Waals surface area contributed by atoms with E-state index in [0.29, 0.717) is 18.2 Å². The molecule has 17 heavy (non-hydrogen) atoms. The lowest BCUT2D eigenvalue weighted by atomic mass is 10.0. The van der Waals surface area contributed by atoms with E-state index in [2.05, 4.69) is 25.7 Å². The van der Waals surface area contributed by atoms with Crippen molar-refractivity contribution in [1.82, 2.24) is 4.90 Å². The van der Waals surface area contributed by atoms with Crippen molar-refractivity contribution >= 4 is 0 Å². The van der Waals surface area contributed by atoms with Gasteiger partial charge in [0.05, 0.1) is 0 Å². The quantitative estimate of drug-likeness (QED) is 0.854. The first-order chi connectivity index (χ1) is 8.01. The fourth-order valence-corrected chi connectivity index (χ4v) is 2.22. The average Bonchev–Trinajstić information content (AvgIpc) is 2.29. The fraction of sp³-hybridized carbons (Fsp3) is 0.571. The van der Waals surface area contributed by atoms with Crippen LogP contribution in [0.2, 0.25) is 0 Å². The Bertz CT molecular complexity index is 363. The van der Waals surface area contributed by atoms with Crippen LogP contribution in [0.4, 0.5) is 4.39 Å². The summed E-state index contributed by atoms with van der Waals surface area (Å²) in [7, 11) is 0. The predicted molar refractivity (Wildman–Crippen MR) is 70.4 cm³/mol. The molecule has 0 bridgehead atoms. The van der Waals surface area contributed by atoms with E-state index >= 15 is 0 Å². The Kier molecular flexibility index (Phi) is 5.09. The molecule has 1 aromatic rings. The molecule has 0 saturated heterocycles. The minimum atomic E-state index is -0.152. The van der Waals surface area contributed by atoms with Crippen molar-refractivity contribution in [3.05, 3.63) is 35.1 Å². The summed E-state index contributed by atoms with van der Waals surface area (Å²) in [4.78, 5) is 2.28. The zero-order chi connectivity index (χ0) is 13.0. The number of nitrogens with zero attached hydrogens (tertiary/aromatic N) is 1. The fourth-order valence-electron chi connectivity index (χ4n) is 2.22. The molecular weight excluding hydrogens is 215 g/mol. The Morgan fingerprint density at radius 2 is 2.00 bits per heavy atom. The topological polar surface area (TPSA) is 29.3 Å². The van der Waals surface area contributed by atoms with Crippen LogP contribution in [0.15, 0.2) is 18.2 Å². The molecule has 0 heterocycles. The highest BCUT2D eigenvalue weighted by Gasteiger charge is 2.20. The summed E-state index contributed by atoms with van der Waals surface area (Å²) in [6.07, 6.45) is 0.